The molecule has 0 bridgehead atoms. The van der Waals surface area contributed by atoms with E-state index >= 15 is 0 Å². The third-order valence-corrected chi connectivity index (χ3v) is 4.11. The molecule has 0 saturated heterocycles. The van der Waals surface area contributed by atoms with Gasteiger partial charge in [-0.25, -0.2) is 0 Å². The molecule has 9 heteroatoms. The zero-order valence-electron chi connectivity index (χ0n) is 16.1. The first kappa shape index (κ1) is 18.5. The van der Waals surface area contributed by atoms with Gasteiger partial charge in [0, 0.05) is 18.1 Å². The summed E-state index contributed by atoms with van der Waals surface area (Å²) in [7, 11) is 3.15. The summed E-state index contributed by atoms with van der Waals surface area (Å²) in [6, 6.07) is 12.7. The molecule has 148 valence electrons. The molecule has 0 fully saturated rings. The topological polar surface area (TPSA) is 106 Å². The lowest BCUT2D eigenvalue weighted by Gasteiger charge is -2.07. The van der Waals surface area contributed by atoms with Crippen LogP contribution in [0.5, 0.6) is 17.2 Å². The van der Waals surface area contributed by atoms with E-state index in [-0.39, 0.29) is 6.61 Å². The van der Waals surface area contributed by atoms with Crippen LogP contribution in [0.2, 0.25) is 0 Å². The van der Waals surface area contributed by atoms with E-state index in [0.29, 0.717) is 40.7 Å². The van der Waals surface area contributed by atoms with Crippen LogP contribution in [-0.4, -0.2) is 34.5 Å². The summed E-state index contributed by atoms with van der Waals surface area (Å²) < 4.78 is 26.5. The second-order valence-electron chi connectivity index (χ2n) is 6.03. The van der Waals surface area contributed by atoms with Crippen molar-refractivity contribution in [3.05, 3.63) is 54.2 Å². The summed E-state index contributed by atoms with van der Waals surface area (Å²) in [5, 5.41) is 7.88. The SMILES string of the molecule is COc1ccc(-c2noc(COc3ccc(-c4noc(C)n4)cc3)n2)cc1OC. The van der Waals surface area contributed by atoms with Gasteiger partial charge < -0.3 is 23.3 Å². The molecule has 0 unspecified atom stereocenters. The number of ether oxygens (including phenoxy) is 3. The Morgan fingerprint density at radius 1 is 0.793 bits per heavy atom. The molecular weight excluding hydrogens is 376 g/mol. The fraction of sp³-hybridized carbons (Fsp3) is 0.200. The molecule has 0 atom stereocenters. The molecule has 4 aromatic rings. The van der Waals surface area contributed by atoms with Crippen LogP contribution < -0.4 is 14.2 Å². The largest absolute Gasteiger partial charge is 0.493 e. The van der Waals surface area contributed by atoms with Crippen LogP contribution in [0, 0.1) is 6.92 Å². The summed E-state index contributed by atoms with van der Waals surface area (Å²) in [5.41, 5.74) is 1.58. The Morgan fingerprint density at radius 3 is 2.17 bits per heavy atom. The molecule has 0 amide bonds. The third-order valence-electron chi connectivity index (χ3n) is 4.11. The highest BCUT2D eigenvalue weighted by molar-refractivity contribution is 5.60. The van der Waals surface area contributed by atoms with E-state index in [0.717, 1.165) is 11.1 Å². The van der Waals surface area contributed by atoms with Crippen molar-refractivity contribution in [2.45, 2.75) is 13.5 Å². The first-order chi connectivity index (χ1) is 14.2. The van der Waals surface area contributed by atoms with Gasteiger partial charge in [0.1, 0.15) is 5.75 Å². The maximum Gasteiger partial charge on any atom is 0.264 e. The fourth-order valence-corrected chi connectivity index (χ4v) is 2.67. The van der Waals surface area contributed by atoms with Crippen molar-refractivity contribution in [2.24, 2.45) is 0 Å². The van der Waals surface area contributed by atoms with Crippen LogP contribution in [0.3, 0.4) is 0 Å². The maximum atomic E-state index is 5.71. The molecular formula is C20H18N4O5. The number of hydrogen-bond acceptors (Lipinski definition) is 9. The molecule has 2 heterocycles. The predicted molar refractivity (Wildman–Crippen MR) is 102 cm³/mol. The van der Waals surface area contributed by atoms with Crippen molar-refractivity contribution < 1.29 is 23.3 Å². The van der Waals surface area contributed by atoms with Crippen LogP contribution in [0.15, 0.2) is 51.5 Å². The van der Waals surface area contributed by atoms with Gasteiger partial charge in [-0.1, -0.05) is 10.3 Å². The zero-order chi connectivity index (χ0) is 20.2. The number of benzene rings is 2. The summed E-state index contributed by atoms with van der Waals surface area (Å²) in [6.07, 6.45) is 0. The molecule has 0 spiro atoms. The Morgan fingerprint density at radius 2 is 1.48 bits per heavy atom. The van der Waals surface area contributed by atoms with Gasteiger partial charge in [-0.15, -0.1) is 0 Å². The van der Waals surface area contributed by atoms with Gasteiger partial charge in [-0.05, 0) is 42.5 Å². The number of aromatic nitrogens is 4. The molecule has 0 N–H and O–H groups in total. The molecule has 0 aliphatic carbocycles. The van der Waals surface area contributed by atoms with Crippen LogP contribution >= 0.6 is 0 Å². The number of hydrogen-bond donors (Lipinski definition) is 0. The Bertz CT molecular complexity index is 1100. The van der Waals surface area contributed by atoms with Crippen LogP contribution in [-0.2, 0) is 6.61 Å². The van der Waals surface area contributed by atoms with Crippen molar-refractivity contribution in [3.63, 3.8) is 0 Å². The lowest BCUT2D eigenvalue weighted by atomic mass is 10.2. The lowest BCUT2D eigenvalue weighted by Crippen LogP contribution is -1.96. The van der Waals surface area contributed by atoms with E-state index in [9.17, 15) is 0 Å². The van der Waals surface area contributed by atoms with Crippen molar-refractivity contribution in [2.75, 3.05) is 14.2 Å². The maximum absolute atomic E-state index is 5.71. The van der Waals surface area contributed by atoms with Crippen LogP contribution in [0.1, 0.15) is 11.8 Å². The normalized spacial score (nSPS) is 10.7. The van der Waals surface area contributed by atoms with Gasteiger partial charge in [0.2, 0.25) is 17.5 Å². The summed E-state index contributed by atoms with van der Waals surface area (Å²) >= 11 is 0. The molecule has 29 heavy (non-hydrogen) atoms. The Hall–Kier alpha value is -3.88. The minimum atomic E-state index is 0.140. The van der Waals surface area contributed by atoms with Crippen molar-refractivity contribution in [1.82, 2.24) is 20.3 Å². The van der Waals surface area contributed by atoms with E-state index < -0.39 is 0 Å². The van der Waals surface area contributed by atoms with Gasteiger partial charge >= 0.3 is 0 Å². The molecule has 0 saturated carbocycles. The summed E-state index contributed by atoms with van der Waals surface area (Å²) in [4.78, 5) is 8.55. The molecule has 9 nitrogen and oxygen atoms in total. The van der Waals surface area contributed by atoms with Gasteiger partial charge in [0.05, 0.1) is 14.2 Å². The molecule has 0 radical (unpaired) electrons. The average molecular weight is 394 g/mol. The standard InChI is InChI=1S/C20H18N4O5/c1-12-21-19(23-28-12)13-4-7-15(8-5-13)27-11-18-22-20(24-29-18)14-6-9-16(25-2)17(10-14)26-3/h4-10H,11H2,1-3H3. The van der Waals surface area contributed by atoms with Gasteiger partial charge in [-0.2, -0.15) is 9.97 Å². The van der Waals surface area contributed by atoms with E-state index in [1.165, 1.54) is 0 Å². The van der Waals surface area contributed by atoms with Gasteiger partial charge in [-0.3, -0.25) is 0 Å². The summed E-state index contributed by atoms with van der Waals surface area (Å²) in [6.45, 7) is 1.88. The quantitative estimate of drug-likeness (QED) is 0.464. The first-order valence-corrected chi connectivity index (χ1v) is 8.75. The smallest absolute Gasteiger partial charge is 0.264 e. The highest BCUT2D eigenvalue weighted by Crippen LogP contribution is 2.31. The number of aryl methyl sites for hydroxylation is 1. The van der Waals surface area contributed by atoms with E-state index in [2.05, 4.69) is 20.3 Å². The highest BCUT2D eigenvalue weighted by Gasteiger charge is 2.13. The third kappa shape index (κ3) is 4.03. The van der Waals surface area contributed by atoms with Crippen molar-refractivity contribution in [3.8, 4) is 40.0 Å². The highest BCUT2D eigenvalue weighted by atomic mass is 16.5. The minimum Gasteiger partial charge on any atom is -0.493 e. The van der Waals surface area contributed by atoms with Crippen LogP contribution in [0.25, 0.3) is 22.8 Å². The number of rotatable bonds is 7. The van der Waals surface area contributed by atoms with Gasteiger partial charge in [0.15, 0.2) is 18.1 Å². The second-order valence-corrected chi connectivity index (χ2v) is 6.03. The van der Waals surface area contributed by atoms with E-state index in [1.807, 2.05) is 30.3 Å². The molecule has 0 aliphatic rings. The summed E-state index contributed by atoms with van der Waals surface area (Å²) in [5.74, 6) is 3.71. The monoisotopic (exact) mass is 394 g/mol. The molecule has 2 aromatic heterocycles. The van der Waals surface area contributed by atoms with Crippen LogP contribution in [0.4, 0.5) is 0 Å². The van der Waals surface area contributed by atoms with E-state index in [4.69, 9.17) is 23.3 Å². The fourth-order valence-electron chi connectivity index (χ4n) is 2.67. The first-order valence-electron chi connectivity index (χ1n) is 8.75. The lowest BCUT2D eigenvalue weighted by molar-refractivity contribution is 0.243. The van der Waals surface area contributed by atoms with E-state index in [1.54, 1.807) is 33.3 Å². The minimum absolute atomic E-state index is 0.140. The second kappa shape index (κ2) is 8.01. The molecule has 2 aromatic carbocycles. The predicted octanol–water partition coefficient (Wildman–Crippen LogP) is 3.69. The number of nitrogens with zero attached hydrogens (tertiary/aromatic N) is 4. The Balaban J connectivity index is 1.42. The molecule has 4 rings (SSSR count). The molecule has 0 aliphatic heterocycles. The average Bonchev–Trinajstić information content (AvgIpc) is 3.41. The van der Waals surface area contributed by atoms with Crippen molar-refractivity contribution >= 4 is 0 Å². The Labute approximate surface area is 166 Å². The number of methoxy groups -OCH3 is 2. The Kier molecular flexibility index (Phi) is 5.10. The van der Waals surface area contributed by atoms with Gasteiger partial charge in [0.25, 0.3) is 5.89 Å². The zero-order valence-corrected chi connectivity index (χ0v) is 16.1. The van der Waals surface area contributed by atoms with Crippen molar-refractivity contribution in [1.29, 1.82) is 0 Å².